The van der Waals surface area contributed by atoms with Gasteiger partial charge in [0.25, 0.3) is 5.91 Å². The Hall–Kier alpha value is -3.88. The normalized spacial score (nSPS) is 10.8. The molecule has 0 aliphatic heterocycles. The summed E-state index contributed by atoms with van der Waals surface area (Å²) >= 11 is 0. The van der Waals surface area contributed by atoms with Gasteiger partial charge in [0.15, 0.2) is 11.5 Å². The number of carbonyl (C=O) groups is 1. The Morgan fingerprint density at radius 3 is 2.75 bits per heavy atom. The number of rotatable bonds is 7. The molecular weight excluding hydrogens is 360 g/mol. The van der Waals surface area contributed by atoms with Crippen LogP contribution in [0.4, 0.5) is 5.82 Å². The van der Waals surface area contributed by atoms with Gasteiger partial charge in [-0.25, -0.2) is 9.97 Å². The van der Waals surface area contributed by atoms with Crippen LogP contribution >= 0.6 is 0 Å². The first-order valence-electron chi connectivity index (χ1n) is 8.71. The number of amides is 1. The van der Waals surface area contributed by atoms with Crippen molar-refractivity contribution in [3.63, 3.8) is 0 Å². The fraction of sp³-hybridized carbons (Fsp3) is 0.158. The van der Waals surface area contributed by atoms with Gasteiger partial charge in [0.05, 0.1) is 6.26 Å². The summed E-state index contributed by atoms with van der Waals surface area (Å²) in [7, 11) is 0. The third-order valence-electron chi connectivity index (χ3n) is 3.92. The molecular formula is C19H18N6O3. The third kappa shape index (κ3) is 3.93. The topological polar surface area (TPSA) is 111 Å². The Labute approximate surface area is 160 Å². The highest BCUT2D eigenvalue weighted by atomic mass is 16.5. The van der Waals surface area contributed by atoms with Crippen molar-refractivity contribution in [2.24, 2.45) is 0 Å². The lowest BCUT2D eigenvalue weighted by molar-refractivity contribution is 0.0946. The zero-order chi connectivity index (χ0) is 19.3. The minimum Gasteiger partial charge on any atom is -0.461 e. The van der Waals surface area contributed by atoms with E-state index in [-0.39, 0.29) is 11.6 Å². The summed E-state index contributed by atoms with van der Waals surface area (Å²) in [5, 5.41) is 9.74. The van der Waals surface area contributed by atoms with E-state index >= 15 is 0 Å². The van der Waals surface area contributed by atoms with Gasteiger partial charge < -0.3 is 24.1 Å². The number of hydrogen-bond acceptors (Lipinski definition) is 7. The van der Waals surface area contributed by atoms with E-state index in [1.54, 1.807) is 18.2 Å². The molecule has 0 spiro atoms. The Balaban J connectivity index is 1.31. The molecule has 0 unspecified atom stereocenters. The first kappa shape index (κ1) is 17.5. The first-order chi connectivity index (χ1) is 13.7. The summed E-state index contributed by atoms with van der Waals surface area (Å²) in [5.74, 6) is 2.72. The number of aromatic nitrogens is 4. The van der Waals surface area contributed by atoms with Crippen LogP contribution in [0.25, 0.3) is 17.3 Å². The van der Waals surface area contributed by atoms with Crippen molar-refractivity contribution in [3.8, 4) is 17.3 Å². The number of furan rings is 1. The maximum absolute atomic E-state index is 12.2. The van der Waals surface area contributed by atoms with Gasteiger partial charge in [0.2, 0.25) is 5.76 Å². The van der Waals surface area contributed by atoms with Crippen LogP contribution in [0.15, 0.2) is 64.0 Å². The molecule has 2 N–H and O–H groups in total. The van der Waals surface area contributed by atoms with Gasteiger partial charge in [-0.3, -0.25) is 4.79 Å². The van der Waals surface area contributed by atoms with Crippen LogP contribution in [-0.2, 0) is 0 Å². The fourth-order valence-electron chi connectivity index (χ4n) is 2.64. The average Bonchev–Trinajstić information content (AvgIpc) is 3.46. The number of nitrogens with one attached hydrogen (secondary N) is 2. The van der Waals surface area contributed by atoms with Crippen LogP contribution in [0.5, 0.6) is 0 Å². The number of aryl methyl sites for hydroxylation is 1. The molecule has 0 saturated heterocycles. The fourth-order valence-corrected chi connectivity index (χ4v) is 2.64. The van der Waals surface area contributed by atoms with Gasteiger partial charge in [-0.05, 0) is 31.2 Å². The highest BCUT2D eigenvalue weighted by Crippen LogP contribution is 2.20. The first-order valence-corrected chi connectivity index (χ1v) is 8.71. The molecule has 4 aromatic heterocycles. The lowest BCUT2D eigenvalue weighted by atomic mass is 10.3. The van der Waals surface area contributed by atoms with Gasteiger partial charge in [-0.1, -0.05) is 5.16 Å². The van der Waals surface area contributed by atoms with Crippen molar-refractivity contribution in [2.75, 3.05) is 18.4 Å². The van der Waals surface area contributed by atoms with Crippen LogP contribution in [0, 0.1) is 6.92 Å². The Bertz CT molecular complexity index is 1050. The number of carbonyl (C=O) groups excluding carboxylic acids is 1. The van der Waals surface area contributed by atoms with E-state index in [0.717, 1.165) is 5.82 Å². The molecule has 0 aliphatic carbocycles. The van der Waals surface area contributed by atoms with E-state index in [0.29, 0.717) is 36.3 Å². The van der Waals surface area contributed by atoms with Gasteiger partial charge in [0.1, 0.15) is 17.5 Å². The Morgan fingerprint density at radius 2 is 1.96 bits per heavy atom. The second-order valence-electron chi connectivity index (χ2n) is 5.99. The SMILES string of the molecule is Cc1nc(NCCNC(=O)c2cc(-c3ccco3)on2)cc(-n2cccc2)n1. The molecule has 0 atom stereocenters. The summed E-state index contributed by atoms with van der Waals surface area (Å²) in [6.45, 7) is 2.72. The molecule has 0 aromatic carbocycles. The maximum atomic E-state index is 12.2. The van der Waals surface area contributed by atoms with E-state index < -0.39 is 0 Å². The summed E-state index contributed by atoms with van der Waals surface area (Å²) in [5.41, 5.74) is 0.194. The predicted molar refractivity (Wildman–Crippen MR) is 101 cm³/mol. The Kier molecular flexibility index (Phi) is 4.87. The summed E-state index contributed by atoms with van der Waals surface area (Å²) in [4.78, 5) is 21.0. The second-order valence-corrected chi connectivity index (χ2v) is 5.99. The quantitative estimate of drug-likeness (QED) is 0.476. The van der Waals surface area contributed by atoms with E-state index in [4.69, 9.17) is 8.94 Å². The second kappa shape index (κ2) is 7.78. The van der Waals surface area contributed by atoms with E-state index in [9.17, 15) is 4.79 Å². The molecule has 0 saturated carbocycles. The van der Waals surface area contributed by atoms with Gasteiger partial charge in [-0.2, -0.15) is 0 Å². The van der Waals surface area contributed by atoms with Crippen molar-refractivity contribution in [1.29, 1.82) is 0 Å². The zero-order valence-corrected chi connectivity index (χ0v) is 15.1. The summed E-state index contributed by atoms with van der Waals surface area (Å²) < 4.78 is 12.3. The average molecular weight is 378 g/mol. The van der Waals surface area contributed by atoms with Crippen LogP contribution < -0.4 is 10.6 Å². The van der Waals surface area contributed by atoms with Crippen LogP contribution in [0.1, 0.15) is 16.3 Å². The van der Waals surface area contributed by atoms with E-state index in [2.05, 4.69) is 25.8 Å². The smallest absolute Gasteiger partial charge is 0.273 e. The third-order valence-corrected chi connectivity index (χ3v) is 3.92. The molecule has 9 nitrogen and oxygen atoms in total. The number of anilines is 1. The Morgan fingerprint density at radius 1 is 1.11 bits per heavy atom. The van der Waals surface area contributed by atoms with Crippen molar-refractivity contribution in [2.45, 2.75) is 6.92 Å². The van der Waals surface area contributed by atoms with Crippen molar-refractivity contribution in [1.82, 2.24) is 25.0 Å². The van der Waals surface area contributed by atoms with Crippen LogP contribution in [-0.4, -0.2) is 38.7 Å². The molecule has 4 heterocycles. The zero-order valence-electron chi connectivity index (χ0n) is 15.1. The molecule has 0 radical (unpaired) electrons. The molecule has 9 heteroatoms. The van der Waals surface area contributed by atoms with Gasteiger partial charge >= 0.3 is 0 Å². The van der Waals surface area contributed by atoms with E-state index in [1.165, 1.54) is 6.26 Å². The lowest BCUT2D eigenvalue weighted by Gasteiger charge is -2.09. The monoisotopic (exact) mass is 378 g/mol. The maximum Gasteiger partial charge on any atom is 0.273 e. The molecule has 4 aromatic rings. The highest BCUT2D eigenvalue weighted by molar-refractivity contribution is 5.92. The highest BCUT2D eigenvalue weighted by Gasteiger charge is 2.14. The number of hydrogen-bond donors (Lipinski definition) is 2. The largest absolute Gasteiger partial charge is 0.461 e. The van der Waals surface area contributed by atoms with E-state index in [1.807, 2.05) is 42.1 Å². The molecule has 0 bridgehead atoms. The molecule has 28 heavy (non-hydrogen) atoms. The van der Waals surface area contributed by atoms with Gasteiger partial charge in [-0.15, -0.1) is 0 Å². The van der Waals surface area contributed by atoms with Crippen molar-refractivity contribution >= 4 is 11.7 Å². The summed E-state index contributed by atoms with van der Waals surface area (Å²) in [6, 6.07) is 10.7. The lowest BCUT2D eigenvalue weighted by Crippen LogP contribution is -2.29. The van der Waals surface area contributed by atoms with Crippen molar-refractivity contribution in [3.05, 3.63) is 66.6 Å². The standard InChI is InChI=1S/C19H18N6O3/c1-13-22-17(12-18(23-13)25-8-2-3-9-25)20-6-7-21-19(26)14-11-16(28-24-14)15-5-4-10-27-15/h2-5,8-12H,6-7H2,1H3,(H,21,26)(H,20,22,23). The van der Waals surface area contributed by atoms with Crippen LogP contribution in [0.3, 0.4) is 0 Å². The minimum atomic E-state index is -0.324. The van der Waals surface area contributed by atoms with Gasteiger partial charge in [0, 0.05) is 37.6 Å². The molecule has 1 amide bonds. The minimum absolute atomic E-state index is 0.194. The van der Waals surface area contributed by atoms with Crippen molar-refractivity contribution < 1.29 is 13.7 Å². The molecule has 142 valence electrons. The predicted octanol–water partition coefficient (Wildman–Crippen LogP) is 2.67. The number of nitrogens with zero attached hydrogens (tertiary/aromatic N) is 4. The molecule has 0 aliphatic rings. The summed E-state index contributed by atoms with van der Waals surface area (Å²) in [6.07, 6.45) is 5.36. The van der Waals surface area contributed by atoms with Crippen LogP contribution in [0.2, 0.25) is 0 Å². The molecule has 0 fully saturated rings. The molecule has 4 rings (SSSR count).